The fourth-order valence-corrected chi connectivity index (χ4v) is 3.21. The predicted molar refractivity (Wildman–Crippen MR) is 93.8 cm³/mol. The van der Waals surface area contributed by atoms with Crippen molar-refractivity contribution >= 4 is 11.6 Å². The Morgan fingerprint density at radius 2 is 2.00 bits per heavy atom. The first kappa shape index (κ1) is 19.1. The molecule has 2 heterocycles. The maximum absolute atomic E-state index is 12.5. The molecule has 0 saturated heterocycles. The van der Waals surface area contributed by atoms with Crippen LogP contribution in [0.15, 0.2) is 36.8 Å². The van der Waals surface area contributed by atoms with Crippen LogP contribution in [-0.2, 0) is 0 Å². The first-order valence-corrected chi connectivity index (χ1v) is 8.83. The minimum Gasteiger partial charge on any atom is -0.468 e. The van der Waals surface area contributed by atoms with Crippen LogP contribution in [0.25, 0.3) is 0 Å². The van der Waals surface area contributed by atoms with Gasteiger partial charge in [0.1, 0.15) is 0 Å². The number of carbonyl (C=O) groups is 1. The van der Waals surface area contributed by atoms with Crippen molar-refractivity contribution in [2.75, 3.05) is 11.9 Å². The molecule has 1 aliphatic carbocycles. The number of ether oxygens (including phenoxy) is 1. The van der Waals surface area contributed by atoms with Crippen molar-refractivity contribution in [3.63, 3.8) is 0 Å². The van der Waals surface area contributed by atoms with E-state index in [-0.39, 0.29) is 17.7 Å². The van der Waals surface area contributed by atoms with Gasteiger partial charge in [0.15, 0.2) is 6.61 Å². The molecule has 1 N–H and O–H groups in total. The number of halogens is 3. The highest BCUT2D eigenvalue weighted by molar-refractivity contribution is 6.04. The van der Waals surface area contributed by atoms with Crippen molar-refractivity contribution in [3.05, 3.63) is 47.9 Å². The minimum absolute atomic E-state index is 0.0152. The summed E-state index contributed by atoms with van der Waals surface area (Å²) in [5, 5.41) is 2.72. The van der Waals surface area contributed by atoms with Crippen LogP contribution < -0.4 is 10.1 Å². The Hall–Kier alpha value is -2.64. The van der Waals surface area contributed by atoms with E-state index in [9.17, 15) is 18.0 Å². The van der Waals surface area contributed by atoms with Gasteiger partial charge in [-0.3, -0.25) is 9.78 Å². The topological polar surface area (TPSA) is 64.1 Å². The molecule has 1 saturated carbocycles. The van der Waals surface area contributed by atoms with Crippen LogP contribution in [0.3, 0.4) is 0 Å². The predicted octanol–water partition coefficient (Wildman–Crippen LogP) is 4.72. The zero-order chi connectivity index (χ0) is 19.3. The summed E-state index contributed by atoms with van der Waals surface area (Å²) in [4.78, 5) is 20.2. The van der Waals surface area contributed by atoms with Gasteiger partial charge in [-0.25, -0.2) is 4.98 Å². The minimum atomic E-state index is -4.43. The summed E-state index contributed by atoms with van der Waals surface area (Å²) in [7, 11) is 0. The summed E-state index contributed by atoms with van der Waals surface area (Å²) in [6, 6.07) is 4.94. The van der Waals surface area contributed by atoms with Gasteiger partial charge in [0.05, 0.1) is 17.4 Å². The molecular weight excluding hydrogens is 359 g/mol. The normalized spacial score (nSPS) is 15.4. The molecule has 0 bridgehead atoms. The molecule has 0 radical (unpaired) electrons. The third-order valence-electron chi connectivity index (χ3n) is 4.48. The van der Waals surface area contributed by atoms with Crippen molar-refractivity contribution in [1.82, 2.24) is 9.97 Å². The second-order valence-corrected chi connectivity index (χ2v) is 6.55. The number of anilines is 1. The number of carbonyl (C=O) groups excluding carboxylic acids is 1. The number of nitrogens with one attached hydrogen (secondary N) is 1. The molecule has 2 aromatic heterocycles. The standard InChI is InChI=1S/C19H20F3N3O2/c20-19(21,22)12-27-18-16(13-5-2-1-3-6-13)9-15(11-24-18)25-17(26)14-7-4-8-23-10-14/h4,7-11,13H,1-3,5-6,12H2,(H,25,26). The lowest BCUT2D eigenvalue weighted by Gasteiger charge is -2.24. The molecule has 1 aliphatic rings. The highest BCUT2D eigenvalue weighted by Gasteiger charge is 2.30. The Morgan fingerprint density at radius 1 is 1.22 bits per heavy atom. The lowest BCUT2D eigenvalue weighted by Crippen LogP contribution is -2.21. The van der Waals surface area contributed by atoms with E-state index in [2.05, 4.69) is 15.3 Å². The summed E-state index contributed by atoms with van der Waals surface area (Å²) in [5.41, 5.74) is 1.42. The van der Waals surface area contributed by atoms with E-state index in [0.717, 1.165) is 32.1 Å². The van der Waals surface area contributed by atoms with Gasteiger partial charge in [-0.05, 0) is 37.0 Å². The number of pyridine rings is 2. The van der Waals surface area contributed by atoms with E-state index in [4.69, 9.17) is 4.74 Å². The zero-order valence-corrected chi connectivity index (χ0v) is 14.6. The number of amides is 1. The second-order valence-electron chi connectivity index (χ2n) is 6.55. The summed E-state index contributed by atoms with van der Waals surface area (Å²) >= 11 is 0. The van der Waals surface area contributed by atoms with Crippen molar-refractivity contribution in [2.24, 2.45) is 0 Å². The van der Waals surface area contributed by atoms with Gasteiger partial charge in [-0.1, -0.05) is 19.3 Å². The molecule has 1 amide bonds. The molecule has 3 rings (SSSR count). The third-order valence-corrected chi connectivity index (χ3v) is 4.48. The summed E-state index contributed by atoms with van der Waals surface area (Å²) in [6.45, 7) is -1.39. The SMILES string of the molecule is O=C(Nc1cnc(OCC(F)(F)F)c(C2CCCCC2)c1)c1cccnc1. The van der Waals surface area contributed by atoms with Crippen LogP contribution in [-0.4, -0.2) is 28.7 Å². The number of nitrogens with zero attached hydrogens (tertiary/aromatic N) is 2. The van der Waals surface area contributed by atoms with E-state index in [1.807, 2.05) is 0 Å². The quantitative estimate of drug-likeness (QED) is 0.817. The molecule has 8 heteroatoms. The average molecular weight is 379 g/mol. The van der Waals surface area contributed by atoms with Gasteiger partial charge < -0.3 is 10.1 Å². The monoisotopic (exact) mass is 379 g/mol. The van der Waals surface area contributed by atoms with Gasteiger partial charge in [0.2, 0.25) is 5.88 Å². The largest absolute Gasteiger partial charge is 0.468 e. The summed E-state index contributed by atoms with van der Waals surface area (Å²) in [5.74, 6) is -0.299. The molecule has 0 atom stereocenters. The van der Waals surface area contributed by atoms with E-state index >= 15 is 0 Å². The number of hydrogen-bond acceptors (Lipinski definition) is 4. The lowest BCUT2D eigenvalue weighted by molar-refractivity contribution is -0.154. The number of rotatable bonds is 5. The van der Waals surface area contributed by atoms with E-state index in [1.165, 1.54) is 12.4 Å². The Morgan fingerprint density at radius 3 is 2.67 bits per heavy atom. The summed E-state index contributed by atoms with van der Waals surface area (Å²) < 4.78 is 42.6. The van der Waals surface area contributed by atoms with Crippen molar-refractivity contribution in [1.29, 1.82) is 0 Å². The Bertz CT molecular complexity index is 776. The lowest BCUT2D eigenvalue weighted by atomic mass is 9.84. The van der Waals surface area contributed by atoms with Crippen LogP contribution in [0.1, 0.15) is 53.9 Å². The molecule has 0 aliphatic heterocycles. The van der Waals surface area contributed by atoms with Crippen LogP contribution >= 0.6 is 0 Å². The van der Waals surface area contributed by atoms with E-state index in [1.54, 1.807) is 24.4 Å². The molecule has 0 unspecified atom stereocenters. The molecule has 2 aromatic rings. The average Bonchev–Trinajstić information content (AvgIpc) is 2.67. The number of aromatic nitrogens is 2. The third kappa shape index (κ3) is 5.42. The molecule has 1 fully saturated rings. The number of hydrogen-bond donors (Lipinski definition) is 1. The van der Waals surface area contributed by atoms with Crippen molar-refractivity contribution < 1.29 is 22.7 Å². The second kappa shape index (κ2) is 8.37. The maximum Gasteiger partial charge on any atom is 0.422 e. The maximum atomic E-state index is 12.5. The molecule has 0 aromatic carbocycles. The number of alkyl halides is 3. The van der Waals surface area contributed by atoms with Gasteiger partial charge in [0.25, 0.3) is 5.91 Å². The Kier molecular flexibility index (Phi) is 5.93. The van der Waals surface area contributed by atoms with Gasteiger partial charge >= 0.3 is 6.18 Å². The van der Waals surface area contributed by atoms with Gasteiger partial charge in [-0.2, -0.15) is 13.2 Å². The molecular formula is C19H20F3N3O2. The molecule has 0 spiro atoms. The Balaban J connectivity index is 1.82. The first-order chi connectivity index (χ1) is 12.9. The molecule has 27 heavy (non-hydrogen) atoms. The highest BCUT2D eigenvalue weighted by atomic mass is 19.4. The fourth-order valence-electron chi connectivity index (χ4n) is 3.21. The van der Waals surface area contributed by atoms with E-state index < -0.39 is 12.8 Å². The van der Waals surface area contributed by atoms with E-state index in [0.29, 0.717) is 16.8 Å². The van der Waals surface area contributed by atoms with Crippen LogP contribution in [0.4, 0.5) is 18.9 Å². The smallest absolute Gasteiger partial charge is 0.422 e. The first-order valence-electron chi connectivity index (χ1n) is 8.83. The summed E-state index contributed by atoms with van der Waals surface area (Å²) in [6.07, 6.45) is 4.74. The molecule has 5 nitrogen and oxygen atoms in total. The fraction of sp³-hybridized carbons (Fsp3) is 0.421. The van der Waals surface area contributed by atoms with Crippen molar-refractivity contribution in [2.45, 2.75) is 44.2 Å². The van der Waals surface area contributed by atoms with Crippen molar-refractivity contribution in [3.8, 4) is 5.88 Å². The highest BCUT2D eigenvalue weighted by Crippen LogP contribution is 2.38. The Labute approximate surface area is 155 Å². The van der Waals surface area contributed by atoms with Crippen LogP contribution in [0, 0.1) is 0 Å². The molecule has 144 valence electrons. The van der Waals surface area contributed by atoms with Crippen LogP contribution in [0.5, 0.6) is 5.88 Å². The van der Waals surface area contributed by atoms with Gasteiger partial charge in [-0.15, -0.1) is 0 Å². The van der Waals surface area contributed by atoms with Gasteiger partial charge in [0, 0.05) is 18.0 Å². The van der Waals surface area contributed by atoms with Crippen LogP contribution in [0.2, 0.25) is 0 Å². The zero-order valence-electron chi connectivity index (χ0n) is 14.6.